The molecule has 1 aliphatic rings. The smallest absolute Gasteiger partial charge is 0.326 e. The van der Waals surface area contributed by atoms with Crippen LogP contribution in [0.15, 0.2) is 54.6 Å². The molecule has 2 aromatic carbocycles. The number of phenolic OH excluding ortho intramolecular Hbond substituents is 1. The third kappa shape index (κ3) is 6.85. The van der Waals surface area contributed by atoms with Crippen molar-refractivity contribution < 1.29 is 19.8 Å². The fraction of sp³-hybridized carbons (Fsp3) is 0.517. The van der Waals surface area contributed by atoms with Gasteiger partial charge in [0.2, 0.25) is 5.91 Å². The maximum Gasteiger partial charge on any atom is 0.326 e. The zero-order valence-electron chi connectivity index (χ0n) is 21.5. The van der Waals surface area contributed by atoms with Gasteiger partial charge in [-0.2, -0.15) is 0 Å². The van der Waals surface area contributed by atoms with Crippen LogP contribution in [0.4, 0.5) is 0 Å². The average molecular weight is 481 g/mol. The number of carboxylic acid groups (broad SMARTS) is 1. The minimum Gasteiger partial charge on any atom is -0.508 e. The number of benzene rings is 2. The van der Waals surface area contributed by atoms with E-state index >= 15 is 0 Å². The monoisotopic (exact) mass is 480 g/mol. The first-order valence-corrected chi connectivity index (χ1v) is 12.7. The number of piperidine rings is 1. The molecule has 6 nitrogen and oxygen atoms in total. The van der Waals surface area contributed by atoms with E-state index in [4.69, 9.17) is 0 Å². The van der Waals surface area contributed by atoms with Gasteiger partial charge in [0.1, 0.15) is 11.8 Å². The Kier molecular flexibility index (Phi) is 8.95. The summed E-state index contributed by atoms with van der Waals surface area (Å²) in [5, 5.41) is 19.9. The summed E-state index contributed by atoms with van der Waals surface area (Å²) in [6.07, 6.45) is 1.55. The van der Waals surface area contributed by atoms with Gasteiger partial charge in [0.15, 0.2) is 0 Å². The summed E-state index contributed by atoms with van der Waals surface area (Å²) < 4.78 is 0. The van der Waals surface area contributed by atoms with E-state index in [2.05, 4.69) is 24.8 Å². The van der Waals surface area contributed by atoms with E-state index in [0.717, 1.165) is 30.6 Å². The van der Waals surface area contributed by atoms with Crippen molar-refractivity contribution in [3.63, 3.8) is 0 Å². The van der Waals surface area contributed by atoms with E-state index in [0.29, 0.717) is 31.8 Å². The molecule has 1 fully saturated rings. The first kappa shape index (κ1) is 26.7. The topological polar surface area (TPSA) is 81.1 Å². The van der Waals surface area contributed by atoms with Crippen LogP contribution >= 0.6 is 0 Å². The number of nitrogens with zero attached hydrogens (tertiary/aromatic N) is 2. The summed E-state index contributed by atoms with van der Waals surface area (Å²) in [5.41, 5.74) is 2.03. The molecule has 0 spiro atoms. The predicted molar refractivity (Wildman–Crippen MR) is 138 cm³/mol. The molecule has 3 atom stereocenters. The van der Waals surface area contributed by atoms with Crippen LogP contribution in [0, 0.1) is 11.8 Å². The van der Waals surface area contributed by atoms with Gasteiger partial charge in [-0.25, -0.2) is 4.79 Å². The molecule has 1 saturated heterocycles. The number of aliphatic carboxylic acids is 1. The lowest BCUT2D eigenvalue weighted by Gasteiger charge is -2.45. The van der Waals surface area contributed by atoms with Gasteiger partial charge in [-0.05, 0) is 53.5 Å². The first-order chi connectivity index (χ1) is 16.6. The molecule has 0 saturated carbocycles. The Labute approximate surface area is 209 Å². The van der Waals surface area contributed by atoms with Crippen LogP contribution in [0.1, 0.15) is 51.7 Å². The molecule has 2 N–H and O–H groups in total. The van der Waals surface area contributed by atoms with Gasteiger partial charge in [0, 0.05) is 32.5 Å². The second kappa shape index (κ2) is 11.7. The third-order valence-corrected chi connectivity index (χ3v) is 7.53. The summed E-state index contributed by atoms with van der Waals surface area (Å²) in [6.45, 7) is 11.3. The molecular weight excluding hydrogens is 440 g/mol. The highest BCUT2D eigenvalue weighted by Gasteiger charge is 2.38. The molecule has 0 unspecified atom stereocenters. The Morgan fingerprint density at radius 3 is 2.46 bits per heavy atom. The average Bonchev–Trinajstić information content (AvgIpc) is 2.82. The van der Waals surface area contributed by atoms with Crippen LogP contribution in [-0.2, 0) is 21.4 Å². The first-order valence-electron chi connectivity index (χ1n) is 12.7. The fourth-order valence-electron chi connectivity index (χ4n) is 5.17. The van der Waals surface area contributed by atoms with Crippen molar-refractivity contribution in [3.8, 4) is 5.75 Å². The molecule has 6 heteroatoms. The number of carbonyl (C=O) groups excluding carboxylic acids is 1. The molecule has 0 aliphatic carbocycles. The fourth-order valence-corrected chi connectivity index (χ4v) is 5.17. The zero-order valence-corrected chi connectivity index (χ0v) is 21.5. The number of carbonyl (C=O) groups is 2. The van der Waals surface area contributed by atoms with E-state index in [-0.39, 0.29) is 23.0 Å². The van der Waals surface area contributed by atoms with Crippen molar-refractivity contribution in [3.05, 3.63) is 65.7 Å². The molecule has 2 aromatic rings. The van der Waals surface area contributed by atoms with Crippen molar-refractivity contribution >= 4 is 11.9 Å². The number of rotatable bonds is 10. The van der Waals surface area contributed by atoms with Crippen LogP contribution in [-0.4, -0.2) is 64.1 Å². The van der Waals surface area contributed by atoms with Crippen LogP contribution in [0.5, 0.6) is 5.75 Å². The highest BCUT2D eigenvalue weighted by molar-refractivity contribution is 5.84. The number of carboxylic acids is 1. The van der Waals surface area contributed by atoms with Crippen LogP contribution < -0.4 is 0 Å². The van der Waals surface area contributed by atoms with Crippen LogP contribution in [0.25, 0.3) is 0 Å². The Bertz CT molecular complexity index is 993. The number of likely N-dealkylation sites (tertiary alicyclic amines) is 1. The Balaban J connectivity index is 1.65. The van der Waals surface area contributed by atoms with E-state index in [1.165, 1.54) is 0 Å². The molecule has 0 bridgehead atoms. The molecule has 1 heterocycles. The van der Waals surface area contributed by atoms with Crippen molar-refractivity contribution in [2.24, 2.45) is 11.8 Å². The molecule has 190 valence electrons. The number of phenols is 1. The van der Waals surface area contributed by atoms with Crippen molar-refractivity contribution in [1.82, 2.24) is 9.80 Å². The SMILES string of the molecule is CC(C)CN(C(=O)CCN1CC[C@@](C)(c2cccc(O)c2)[C@@H](C)C1)[C@@H](Cc1ccccc1)C(=O)O. The minimum absolute atomic E-state index is 0.0347. The number of aromatic hydroxyl groups is 1. The van der Waals surface area contributed by atoms with Crippen molar-refractivity contribution in [2.75, 3.05) is 26.2 Å². The van der Waals surface area contributed by atoms with Gasteiger partial charge >= 0.3 is 5.97 Å². The maximum absolute atomic E-state index is 13.3. The molecule has 1 amide bonds. The quantitative estimate of drug-likeness (QED) is 0.521. The van der Waals surface area contributed by atoms with Crippen LogP contribution in [0.3, 0.4) is 0 Å². The standard InChI is InChI=1S/C29H40N2O4/c1-21(2)19-31(26(28(34)35)17-23-9-6-5-7-10-23)27(33)13-15-30-16-14-29(4,22(3)20-30)24-11-8-12-25(32)18-24/h5-12,18,21-22,26,32H,13-17,19-20H2,1-4H3,(H,34,35)/t22-,26-,29+/m0/s1. The minimum atomic E-state index is -0.962. The molecule has 1 aliphatic heterocycles. The van der Waals surface area contributed by atoms with E-state index < -0.39 is 12.0 Å². The Hall–Kier alpha value is -2.86. The van der Waals surface area contributed by atoms with E-state index in [1.807, 2.05) is 56.3 Å². The molecular formula is C29H40N2O4. The van der Waals surface area contributed by atoms with E-state index in [9.17, 15) is 19.8 Å². The van der Waals surface area contributed by atoms with Crippen molar-refractivity contribution in [2.45, 2.75) is 58.4 Å². The largest absolute Gasteiger partial charge is 0.508 e. The highest BCUT2D eigenvalue weighted by Crippen LogP contribution is 2.40. The number of hydrogen-bond acceptors (Lipinski definition) is 4. The Morgan fingerprint density at radius 1 is 1.14 bits per heavy atom. The maximum atomic E-state index is 13.3. The summed E-state index contributed by atoms with van der Waals surface area (Å²) in [4.78, 5) is 29.4. The lowest BCUT2D eigenvalue weighted by molar-refractivity contribution is -0.150. The van der Waals surface area contributed by atoms with Gasteiger partial charge in [0.05, 0.1) is 0 Å². The lowest BCUT2D eigenvalue weighted by Crippen LogP contribution is -2.50. The summed E-state index contributed by atoms with van der Waals surface area (Å²) in [7, 11) is 0. The predicted octanol–water partition coefficient (Wildman–Crippen LogP) is 4.56. The van der Waals surface area contributed by atoms with Gasteiger partial charge in [-0.3, -0.25) is 4.79 Å². The third-order valence-electron chi connectivity index (χ3n) is 7.53. The zero-order chi connectivity index (χ0) is 25.6. The summed E-state index contributed by atoms with van der Waals surface area (Å²) in [6, 6.07) is 16.2. The van der Waals surface area contributed by atoms with Gasteiger partial charge in [-0.15, -0.1) is 0 Å². The van der Waals surface area contributed by atoms with Gasteiger partial charge in [0.25, 0.3) is 0 Å². The van der Waals surface area contributed by atoms with Crippen molar-refractivity contribution in [1.29, 1.82) is 0 Å². The van der Waals surface area contributed by atoms with E-state index in [1.54, 1.807) is 11.0 Å². The Morgan fingerprint density at radius 2 is 1.86 bits per heavy atom. The number of hydrogen-bond donors (Lipinski definition) is 2. The molecule has 3 rings (SSSR count). The van der Waals surface area contributed by atoms with Gasteiger partial charge in [-0.1, -0.05) is 70.2 Å². The van der Waals surface area contributed by atoms with Crippen LogP contribution in [0.2, 0.25) is 0 Å². The molecule has 35 heavy (non-hydrogen) atoms. The number of amides is 1. The van der Waals surface area contributed by atoms with Gasteiger partial charge < -0.3 is 20.0 Å². The highest BCUT2D eigenvalue weighted by atomic mass is 16.4. The normalized spacial score (nSPS) is 21.6. The molecule has 0 radical (unpaired) electrons. The summed E-state index contributed by atoms with van der Waals surface area (Å²) >= 11 is 0. The molecule has 0 aromatic heterocycles. The second-order valence-corrected chi connectivity index (χ2v) is 10.7. The lowest BCUT2D eigenvalue weighted by atomic mass is 9.68. The second-order valence-electron chi connectivity index (χ2n) is 10.7. The summed E-state index contributed by atoms with van der Waals surface area (Å²) in [5.74, 6) is -0.246.